The molecular formula is C37H31F2N5O4S. The van der Waals surface area contributed by atoms with Gasteiger partial charge in [0.2, 0.25) is 0 Å². The number of hydrogen-bond donors (Lipinski definition) is 0. The number of rotatable bonds is 14. The van der Waals surface area contributed by atoms with Gasteiger partial charge in [-0.1, -0.05) is 61.5 Å². The summed E-state index contributed by atoms with van der Waals surface area (Å²) in [5.41, 5.74) is 1.92. The van der Waals surface area contributed by atoms with Crippen molar-refractivity contribution >= 4 is 29.7 Å². The fourth-order valence-corrected chi connectivity index (χ4v) is 6.34. The van der Waals surface area contributed by atoms with Crippen LogP contribution in [0.5, 0.6) is 5.75 Å². The SMILES string of the molecule is C=Nc1ccc(-c2csc([C@H](C)C(Cn3cncn3)(OCOC(=O)c3cccc(OCc4ccccc4)c3)c3ccc(F)cc3F)n2)cc1. The predicted molar refractivity (Wildman–Crippen MR) is 182 cm³/mol. The fourth-order valence-electron chi connectivity index (χ4n) is 5.37. The van der Waals surface area contributed by atoms with Gasteiger partial charge in [-0.15, -0.1) is 11.3 Å². The van der Waals surface area contributed by atoms with Crippen LogP contribution in [0.15, 0.2) is 120 Å². The van der Waals surface area contributed by atoms with Crippen molar-refractivity contribution < 1.29 is 27.8 Å². The van der Waals surface area contributed by atoms with Gasteiger partial charge in [-0.05, 0) is 48.7 Å². The maximum absolute atomic E-state index is 15.8. The molecule has 0 saturated carbocycles. The predicted octanol–water partition coefficient (Wildman–Crippen LogP) is 8.12. The van der Waals surface area contributed by atoms with Gasteiger partial charge >= 0.3 is 5.97 Å². The van der Waals surface area contributed by atoms with Crippen molar-refractivity contribution in [1.82, 2.24) is 19.7 Å². The van der Waals surface area contributed by atoms with Gasteiger partial charge in [0, 0.05) is 28.5 Å². The summed E-state index contributed by atoms with van der Waals surface area (Å²) < 4.78 is 49.3. The van der Waals surface area contributed by atoms with Crippen LogP contribution >= 0.6 is 11.3 Å². The van der Waals surface area contributed by atoms with Gasteiger partial charge in [0.15, 0.2) is 6.79 Å². The largest absolute Gasteiger partial charge is 0.489 e. The molecule has 0 spiro atoms. The molecule has 248 valence electrons. The Hall–Kier alpha value is -5.59. The second-order valence-corrected chi connectivity index (χ2v) is 12.0. The van der Waals surface area contributed by atoms with Crippen molar-refractivity contribution in [3.63, 3.8) is 0 Å². The highest BCUT2D eigenvalue weighted by atomic mass is 32.1. The molecule has 2 heterocycles. The van der Waals surface area contributed by atoms with Gasteiger partial charge in [-0.25, -0.2) is 28.2 Å². The molecule has 0 amide bonds. The number of aromatic nitrogens is 4. The summed E-state index contributed by atoms with van der Waals surface area (Å²) in [6, 6.07) is 26.9. The Morgan fingerprint density at radius 2 is 1.84 bits per heavy atom. The summed E-state index contributed by atoms with van der Waals surface area (Å²) in [5, 5.41) is 6.72. The highest BCUT2D eigenvalue weighted by Crippen LogP contribution is 2.44. The number of aliphatic imine (C=N–C) groups is 1. The second-order valence-electron chi connectivity index (χ2n) is 11.1. The normalized spacial score (nSPS) is 13.0. The number of nitrogens with zero attached hydrogens (tertiary/aromatic N) is 5. The zero-order chi connectivity index (χ0) is 34.2. The Morgan fingerprint density at radius 3 is 2.57 bits per heavy atom. The van der Waals surface area contributed by atoms with Gasteiger partial charge in [-0.2, -0.15) is 5.10 Å². The number of hydrogen-bond acceptors (Lipinski definition) is 9. The van der Waals surface area contributed by atoms with Crippen LogP contribution in [0.1, 0.15) is 39.3 Å². The summed E-state index contributed by atoms with van der Waals surface area (Å²) in [6.45, 7) is 5.06. The third kappa shape index (κ3) is 7.77. The van der Waals surface area contributed by atoms with Crippen molar-refractivity contribution in [2.75, 3.05) is 6.79 Å². The van der Waals surface area contributed by atoms with Gasteiger partial charge in [0.1, 0.15) is 42.2 Å². The van der Waals surface area contributed by atoms with Crippen LogP contribution in [0.2, 0.25) is 0 Å². The number of ether oxygens (including phenoxy) is 3. The molecule has 2 aromatic heterocycles. The lowest BCUT2D eigenvalue weighted by molar-refractivity contribution is -0.148. The molecule has 1 unspecified atom stereocenters. The first-order valence-corrected chi connectivity index (χ1v) is 16.1. The number of benzene rings is 4. The first-order chi connectivity index (χ1) is 23.8. The molecular weight excluding hydrogens is 649 g/mol. The van der Waals surface area contributed by atoms with Crippen LogP contribution in [-0.4, -0.2) is 39.2 Å². The third-order valence-electron chi connectivity index (χ3n) is 8.01. The maximum atomic E-state index is 15.8. The summed E-state index contributed by atoms with van der Waals surface area (Å²) >= 11 is 1.36. The summed E-state index contributed by atoms with van der Waals surface area (Å²) in [6.07, 6.45) is 2.80. The highest BCUT2D eigenvalue weighted by Gasteiger charge is 2.45. The molecule has 49 heavy (non-hydrogen) atoms. The summed E-state index contributed by atoms with van der Waals surface area (Å²) in [5.74, 6) is -2.44. The monoisotopic (exact) mass is 679 g/mol. The van der Waals surface area contributed by atoms with E-state index in [0.29, 0.717) is 23.1 Å². The molecule has 6 rings (SSSR count). The van der Waals surface area contributed by atoms with E-state index in [2.05, 4.69) is 21.8 Å². The fraction of sp³-hybridized carbons (Fsp3) is 0.162. The molecule has 0 fully saturated rings. The molecule has 0 aliphatic heterocycles. The average molecular weight is 680 g/mol. The smallest absolute Gasteiger partial charge is 0.340 e. The number of carbonyl (C=O) groups excluding carboxylic acids is 1. The lowest BCUT2D eigenvalue weighted by Gasteiger charge is -2.38. The number of halogens is 2. The molecule has 0 bridgehead atoms. The van der Waals surface area contributed by atoms with Crippen LogP contribution in [0.25, 0.3) is 11.3 Å². The lowest BCUT2D eigenvalue weighted by atomic mass is 9.81. The maximum Gasteiger partial charge on any atom is 0.340 e. The summed E-state index contributed by atoms with van der Waals surface area (Å²) in [4.78, 5) is 26.1. The Balaban J connectivity index is 1.28. The molecule has 12 heteroatoms. The molecule has 0 N–H and O–H groups in total. The molecule has 0 radical (unpaired) electrons. The quantitative estimate of drug-likeness (QED) is 0.0651. The highest BCUT2D eigenvalue weighted by molar-refractivity contribution is 7.10. The number of carbonyl (C=O) groups is 1. The first-order valence-electron chi connectivity index (χ1n) is 15.2. The van der Waals surface area contributed by atoms with Crippen LogP contribution in [-0.2, 0) is 28.2 Å². The molecule has 4 aromatic carbocycles. The molecule has 0 aliphatic carbocycles. The Bertz CT molecular complexity index is 2020. The average Bonchev–Trinajstić information content (AvgIpc) is 3.84. The van der Waals surface area contributed by atoms with Gasteiger partial charge in [-0.3, -0.25) is 4.99 Å². The zero-order valence-electron chi connectivity index (χ0n) is 26.4. The van der Waals surface area contributed by atoms with E-state index in [1.54, 1.807) is 24.3 Å². The van der Waals surface area contributed by atoms with E-state index in [-0.39, 0.29) is 17.7 Å². The van der Waals surface area contributed by atoms with Crippen molar-refractivity contribution in [3.8, 4) is 17.0 Å². The molecule has 6 aromatic rings. The summed E-state index contributed by atoms with van der Waals surface area (Å²) in [7, 11) is 0. The van der Waals surface area contributed by atoms with E-state index in [9.17, 15) is 9.18 Å². The minimum atomic E-state index is -1.59. The van der Waals surface area contributed by atoms with E-state index in [4.69, 9.17) is 19.2 Å². The lowest BCUT2D eigenvalue weighted by Crippen LogP contribution is -2.42. The van der Waals surface area contributed by atoms with Gasteiger partial charge < -0.3 is 14.2 Å². The van der Waals surface area contributed by atoms with Crippen LogP contribution in [0.3, 0.4) is 0 Å². The van der Waals surface area contributed by atoms with E-state index in [1.165, 1.54) is 34.7 Å². The van der Waals surface area contributed by atoms with Crippen LogP contribution in [0.4, 0.5) is 14.5 Å². The Kier molecular flexibility index (Phi) is 10.3. The minimum absolute atomic E-state index is 0.0300. The molecule has 0 saturated heterocycles. The van der Waals surface area contributed by atoms with E-state index in [0.717, 1.165) is 28.9 Å². The molecule has 9 nitrogen and oxygen atoms in total. The number of esters is 1. The Labute approximate surface area is 285 Å². The standard InChI is InChI=1S/C37H31F2N5O4S/c1-25(35-43-34(20-49-35)27-11-14-30(40-2)15-12-27)37(21-44-23-41-22-42-44,32-16-13-29(38)18-33(32)39)48-24-47-36(45)28-9-6-10-31(17-28)46-19-26-7-4-3-5-8-26/h3-18,20,22-23,25H,2,19,21,24H2,1H3/t25-,37?/m0/s1. The Morgan fingerprint density at radius 1 is 1.02 bits per heavy atom. The van der Waals surface area contributed by atoms with Crippen LogP contribution in [0, 0.1) is 11.6 Å². The van der Waals surface area contributed by atoms with Gasteiger partial charge in [0.05, 0.1) is 28.5 Å². The molecule has 2 atom stereocenters. The van der Waals surface area contributed by atoms with Crippen molar-refractivity contribution in [2.45, 2.75) is 31.6 Å². The van der Waals surface area contributed by atoms with Crippen molar-refractivity contribution in [3.05, 3.63) is 148 Å². The van der Waals surface area contributed by atoms with Gasteiger partial charge in [0.25, 0.3) is 0 Å². The van der Waals surface area contributed by atoms with Crippen molar-refractivity contribution in [1.29, 1.82) is 0 Å². The second kappa shape index (κ2) is 15.1. The minimum Gasteiger partial charge on any atom is -0.489 e. The third-order valence-corrected chi connectivity index (χ3v) is 9.04. The van der Waals surface area contributed by atoms with Crippen molar-refractivity contribution in [2.24, 2.45) is 4.99 Å². The first kappa shape index (κ1) is 33.3. The van der Waals surface area contributed by atoms with E-state index < -0.39 is 35.9 Å². The molecule has 0 aliphatic rings. The van der Waals surface area contributed by atoms with Crippen LogP contribution < -0.4 is 4.74 Å². The zero-order valence-corrected chi connectivity index (χ0v) is 27.2. The van der Waals surface area contributed by atoms with E-state index >= 15 is 4.39 Å². The number of thiazole rings is 1. The van der Waals surface area contributed by atoms with E-state index in [1.807, 2.05) is 66.9 Å². The topological polar surface area (TPSA) is 101 Å².